The second-order valence-electron chi connectivity index (χ2n) is 4.80. The van der Waals surface area contributed by atoms with Crippen molar-refractivity contribution in [1.82, 2.24) is 0 Å². The number of carboxylic acid groups (broad SMARTS) is 1. The number of benzene rings is 2. The Balaban J connectivity index is 1.90. The molecule has 0 bridgehead atoms. The van der Waals surface area contributed by atoms with E-state index in [1.165, 1.54) is 12.1 Å². The number of ketones is 1. The van der Waals surface area contributed by atoms with Crippen LogP contribution < -0.4 is 4.74 Å². The van der Waals surface area contributed by atoms with Gasteiger partial charge in [-0.3, -0.25) is 4.79 Å². The Morgan fingerprint density at radius 2 is 1.90 bits per heavy atom. The molecule has 0 aliphatic carbocycles. The highest BCUT2D eigenvalue weighted by Gasteiger charge is 2.27. The van der Waals surface area contributed by atoms with Crippen LogP contribution in [-0.2, 0) is 0 Å². The van der Waals surface area contributed by atoms with E-state index in [9.17, 15) is 9.59 Å². The Kier molecular flexibility index (Phi) is 3.39. The molecular formula is C16H11ClO4. The van der Waals surface area contributed by atoms with Crippen LogP contribution in [0.15, 0.2) is 42.5 Å². The van der Waals surface area contributed by atoms with Gasteiger partial charge in [0.25, 0.3) is 0 Å². The lowest BCUT2D eigenvalue weighted by Gasteiger charge is -2.25. The molecule has 2 aromatic rings. The van der Waals surface area contributed by atoms with Gasteiger partial charge in [0, 0.05) is 5.02 Å². The van der Waals surface area contributed by atoms with Gasteiger partial charge in [-0.1, -0.05) is 23.7 Å². The van der Waals surface area contributed by atoms with Gasteiger partial charge in [0.05, 0.1) is 17.5 Å². The average Bonchev–Trinajstić information content (AvgIpc) is 2.48. The molecule has 0 radical (unpaired) electrons. The molecule has 1 heterocycles. The Bertz CT molecular complexity index is 722. The van der Waals surface area contributed by atoms with Crippen molar-refractivity contribution in [2.75, 3.05) is 0 Å². The zero-order valence-electron chi connectivity index (χ0n) is 10.9. The first-order valence-electron chi connectivity index (χ1n) is 6.37. The van der Waals surface area contributed by atoms with Gasteiger partial charge < -0.3 is 9.84 Å². The monoisotopic (exact) mass is 302 g/mol. The van der Waals surface area contributed by atoms with E-state index in [-0.39, 0.29) is 17.8 Å². The van der Waals surface area contributed by atoms with Gasteiger partial charge in [0.1, 0.15) is 11.9 Å². The third-order valence-electron chi connectivity index (χ3n) is 3.41. The number of hydrogen-bond acceptors (Lipinski definition) is 3. The van der Waals surface area contributed by atoms with Crippen LogP contribution >= 0.6 is 11.6 Å². The van der Waals surface area contributed by atoms with E-state index in [2.05, 4.69) is 0 Å². The minimum Gasteiger partial charge on any atom is -0.484 e. The van der Waals surface area contributed by atoms with Crippen molar-refractivity contribution in [3.8, 4) is 5.75 Å². The lowest BCUT2D eigenvalue weighted by atomic mass is 9.96. The minimum atomic E-state index is -0.984. The number of carbonyl (C=O) groups is 2. The summed E-state index contributed by atoms with van der Waals surface area (Å²) in [4.78, 5) is 23.0. The summed E-state index contributed by atoms with van der Waals surface area (Å²) in [7, 11) is 0. The molecular weight excluding hydrogens is 292 g/mol. The summed E-state index contributed by atoms with van der Waals surface area (Å²) in [6.07, 6.45) is -0.200. The number of halogens is 1. The first-order valence-corrected chi connectivity index (χ1v) is 6.75. The molecule has 3 rings (SSSR count). The maximum atomic E-state index is 12.2. The van der Waals surface area contributed by atoms with E-state index >= 15 is 0 Å². The molecule has 5 heteroatoms. The van der Waals surface area contributed by atoms with E-state index in [0.29, 0.717) is 16.3 Å². The van der Waals surface area contributed by atoms with Gasteiger partial charge in [-0.05, 0) is 35.9 Å². The largest absolute Gasteiger partial charge is 0.484 e. The SMILES string of the molecule is O=C(O)c1ccc(C2CC(=O)c3cc(Cl)ccc3O2)cc1. The van der Waals surface area contributed by atoms with Gasteiger partial charge in [0.15, 0.2) is 5.78 Å². The highest BCUT2D eigenvalue weighted by Crippen LogP contribution is 2.36. The predicted molar refractivity (Wildman–Crippen MR) is 77.2 cm³/mol. The van der Waals surface area contributed by atoms with Crippen LogP contribution in [0.1, 0.15) is 38.8 Å². The first kappa shape index (κ1) is 13.6. The van der Waals surface area contributed by atoms with E-state index in [0.717, 1.165) is 5.56 Å². The molecule has 1 atom stereocenters. The van der Waals surface area contributed by atoms with Crippen molar-refractivity contribution in [3.63, 3.8) is 0 Å². The highest BCUT2D eigenvalue weighted by molar-refractivity contribution is 6.31. The summed E-state index contributed by atoms with van der Waals surface area (Å²) in [5.74, 6) is -0.517. The normalized spacial score (nSPS) is 17.0. The van der Waals surface area contributed by atoms with Crippen molar-refractivity contribution in [2.24, 2.45) is 0 Å². The second kappa shape index (κ2) is 5.22. The van der Waals surface area contributed by atoms with E-state index in [1.807, 2.05) is 0 Å². The number of hydrogen-bond donors (Lipinski definition) is 1. The third kappa shape index (κ3) is 2.62. The number of carbonyl (C=O) groups excluding carboxylic acids is 1. The molecule has 1 unspecified atom stereocenters. The summed E-state index contributed by atoms with van der Waals surface area (Å²) < 4.78 is 5.82. The fourth-order valence-electron chi connectivity index (χ4n) is 2.32. The fourth-order valence-corrected chi connectivity index (χ4v) is 2.49. The second-order valence-corrected chi connectivity index (χ2v) is 5.24. The van der Waals surface area contributed by atoms with Crippen molar-refractivity contribution in [3.05, 3.63) is 64.2 Å². The molecule has 1 aliphatic heterocycles. The molecule has 21 heavy (non-hydrogen) atoms. The smallest absolute Gasteiger partial charge is 0.335 e. The van der Waals surface area contributed by atoms with Crippen molar-refractivity contribution in [1.29, 1.82) is 0 Å². The Morgan fingerprint density at radius 1 is 1.19 bits per heavy atom. The van der Waals surface area contributed by atoms with E-state index < -0.39 is 12.1 Å². The van der Waals surface area contributed by atoms with Gasteiger partial charge >= 0.3 is 5.97 Å². The number of carboxylic acids is 1. The number of aromatic carboxylic acids is 1. The predicted octanol–water partition coefficient (Wildman–Crippen LogP) is 3.74. The number of rotatable bonds is 2. The fraction of sp³-hybridized carbons (Fsp3) is 0.125. The van der Waals surface area contributed by atoms with Crippen LogP contribution in [0, 0.1) is 0 Å². The van der Waals surface area contributed by atoms with Crippen molar-refractivity contribution < 1.29 is 19.4 Å². The zero-order valence-corrected chi connectivity index (χ0v) is 11.6. The Hall–Kier alpha value is -2.33. The first-order chi connectivity index (χ1) is 10.0. The zero-order chi connectivity index (χ0) is 15.0. The molecule has 106 valence electrons. The number of ether oxygens (including phenoxy) is 1. The number of fused-ring (bicyclic) bond motifs is 1. The van der Waals surface area contributed by atoms with Crippen LogP contribution in [0.25, 0.3) is 0 Å². The summed E-state index contributed by atoms with van der Waals surface area (Å²) in [5.41, 5.74) is 1.46. The van der Waals surface area contributed by atoms with Gasteiger partial charge in [0.2, 0.25) is 0 Å². The van der Waals surface area contributed by atoms with Gasteiger partial charge in [-0.25, -0.2) is 4.79 Å². The molecule has 0 fully saturated rings. The van der Waals surface area contributed by atoms with E-state index in [1.54, 1.807) is 30.3 Å². The summed E-state index contributed by atoms with van der Waals surface area (Å²) in [6.45, 7) is 0. The van der Waals surface area contributed by atoms with Crippen molar-refractivity contribution >= 4 is 23.4 Å². The molecule has 4 nitrogen and oxygen atoms in total. The maximum Gasteiger partial charge on any atom is 0.335 e. The molecule has 0 amide bonds. The molecule has 0 saturated carbocycles. The van der Waals surface area contributed by atoms with Gasteiger partial charge in [-0.15, -0.1) is 0 Å². The Labute approximate surface area is 125 Å². The molecule has 0 spiro atoms. The maximum absolute atomic E-state index is 12.2. The molecule has 1 N–H and O–H groups in total. The van der Waals surface area contributed by atoms with Crippen LogP contribution in [-0.4, -0.2) is 16.9 Å². The molecule has 1 aliphatic rings. The van der Waals surface area contributed by atoms with E-state index in [4.69, 9.17) is 21.4 Å². The third-order valence-corrected chi connectivity index (χ3v) is 3.65. The topological polar surface area (TPSA) is 63.6 Å². The Morgan fingerprint density at radius 3 is 2.57 bits per heavy atom. The van der Waals surface area contributed by atoms with Crippen molar-refractivity contribution in [2.45, 2.75) is 12.5 Å². The highest BCUT2D eigenvalue weighted by atomic mass is 35.5. The standard InChI is InChI=1S/C16H11ClO4/c17-11-5-6-14-12(7-11)13(18)8-15(21-14)9-1-3-10(4-2-9)16(19)20/h1-7,15H,8H2,(H,19,20). The molecule has 0 saturated heterocycles. The van der Waals surface area contributed by atoms with Crippen LogP contribution in [0.5, 0.6) is 5.75 Å². The van der Waals surface area contributed by atoms with Crippen LogP contribution in [0.4, 0.5) is 0 Å². The summed E-state index contributed by atoms with van der Waals surface area (Å²) >= 11 is 5.88. The lowest BCUT2D eigenvalue weighted by molar-refractivity contribution is 0.0695. The molecule has 0 aromatic heterocycles. The van der Waals surface area contributed by atoms with Crippen LogP contribution in [0.3, 0.4) is 0 Å². The quantitative estimate of drug-likeness (QED) is 0.917. The summed E-state index contributed by atoms with van der Waals surface area (Å²) in [5, 5.41) is 9.38. The molecule has 2 aromatic carbocycles. The summed E-state index contributed by atoms with van der Waals surface area (Å²) in [6, 6.07) is 11.3. The minimum absolute atomic E-state index is 0.0361. The van der Waals surface area contributed by atoms with Crippen LogP contribution in [0.2, 0.25) is 5.02 Å². The lowest BCUT2D eigenvalue weighted by Crippen LogP contribution is -2.20. The van der Waals surface area contributed by atoms with Gasteiger partial charge in [-0.2, -0.15) is 0 Å². The number of Topliss-reactive ketones (excluding diaryl/α,β-unsaturated/α-hetero) is 1. The average molecular weight is 303 g/mol.